The highest BCUT2D eigenvalue weighted by atomic mass is 35.5. The normalized spacial score (nSPS) is 18.7. The number of benzene rings is 2. The summed E-state index contributed by atoms with van der Waals surface area (Å²) in [4.78, 5) is 27.7. The first-order chi connectivity index (χ1) is 16.9. The van der Waals surface area contributed by atoms with E-state index in [1.807, 2.05) is 13.8 Å². The molecule has 3 rings (SSSR count). The number of carbonyl (C=O) groups excluding carboxylic acids is 1. The van der Waals surface area contributed by atoms with Crippen LogP contribution in [0.4, 0.5) is 4.39 Å². The summed E-state index contributed by atoms with van der Waals surface area (Å²) in [7, 11) is -4.05. The molecule has 0 aromatic heterocycles. The fourth-order valence-corrected chi connectivity index (χ4v) is 5.04. The van der Waals surface area contributed by atoms with Crippen molar-refractivity contribution in [2.45, 2.75) is 39.0 Å². The monoisotopic (exact) mass is 541 g/mol. The third-order valence-corrected chi connectivity index (χ3v) is 7.35. The minimum Gasteiger partial charge on any atom is -0.483 e. The number of carbonyl (C=O) groups is 2. The van der Waals surface area contributed by atoms with Crippen molar-refractivity contribution in [1.29, 1.82) is 0 Å². The molecular weight excluding hydrogens is 513 g/mol. The summed E-state index contributed by atoms with van der Waals surface area (Å²) in [5, 5.41) is 9.06. The molecule has 1 aliphatic rings. The minimum absolute atomic E-state index is 0.0740. The number of carboxylic acid groups (broad SMARTS) is 1. The Morgan fingerprint density at radius 1 is 1.14 bits per heavy atom. The van der Waals surface area contributed by atoms with Crippen LogP contribution in [0.3, 0.4) is 0 Å². The molecular formula is C24H29ClFN3O6S. The molecule has 9 nitrogen and oxygen atoms in total. The van der Waals surface area contributed by atoms with Gasteiger partial charge >= 0.3 is 5.97 Å². The molecule has 196 valence electrons. The van der Waals surface area contributed by atoms with E-state index in [9.17, 15) is 22.4 Å². The van der Waals surface area contributed by atoms with Gasteiger partial charge in [-0.05, 0) is 49.7 Å². The predicted octanol–water partition coefficient (Wildman–Crippen LogP) is 2.48. The molecule has 0 unspecified atom stereocenters. The number of halogens is 2. The molecule has 1 fully saturated rings. The summed E-state index contributed by atoms with van der Waals surface area (Å²) in [6.07, 6.45) is 0. The smallest absolute Gasteiger partial charge is 0.320 e. The largest absolute Gasteiger partial charge is 0.483 e. The van der Waals surface area contributed by atoms with Crippen molar-refractivity contribution in [3.8, 4) is 5.75 Å². The quantitative estimate of drug-likeness (QED) is 0.474. The number of hydrogen-bond donors (Lipinski definition) is 2. The van der Waals surface area contributed by atoms with Crippen LogP contribution in [0.15, 0.2) is 42.5 Å². The van der Waals surface area contributed by atoms with Crippen LogP contribution < -0.4 is 9.46 Å². The van der Waals surface area contributed by atoms with Gasteiger partial charge in [0.25, 0.3) is 5.91 Å². The van der Waals surface area contributed by atoms with Crippen molar-refractivity contribution in [3.63, 3.8) is 0 Å². The van der Waals surface area contributed by atoms with E-state index in [1.54, 1.807) is 23.1 Å². The molecule has 0 aliphatic carbocycles. The number of nitrogens with zero attached hydrogens (tertiary/aromatic N) is 2. The first-order valence-electron chi connectivity index (χ1n) is 11.3. The Balaban J connectivity index is 1.59. The van der Waals surface area contributed by atoms with Crippen molar-refractivity contribution in [2.24, 2.45) is 0 Å². The fraction of sp³-hybridized carbons (Fsp3) is 0.417. The van der Waals surface area contributed by atoms with E-state index in [1.165, 1.54) is 24.3 Å². The molecule has 2 atom stereocenters. The molecule has 1 saturated heterocycles. The zero-order chi connectivity index (χ0) is 26.5. The number of amides is 1. The van der Waals surface area contributed by atoms with Crippen LogP contribution >= 0.6 is 11.6 Å². The number of piperazine rings is 1. The highest BCUT2D eigenvalue weighted by Gasteiger charge is 2.32. The van der Waals surface area contributed by atoms with Crippen molar-refractivity contribution < 1.29 is 32.2 Å². The second-order valence-corrected chi connectivity index (χ2v) is 11.1. The molecule has 1 aliphatic heterocycles. The maximum atomic E-state index is 13.2. The fourth-order valence-electron chi connectivity index (χ4n) is 4.04. The lowest BCUT2D eigenvalue weighted by Crippen LogP contribution is -2.58. The number of aliphatic carboxylic acids is 1. The Morgan fingerprint density at radius 3 is 2.50 bits per heavy atom. The standard InChI is InChI=1S/C24H29ClFN3O6S/c1-16-12-29(17(2)11-28(16)13-18-3-6-21(26)7-4-18)23(30)14-35-22-8-5-20(25)9-19(22)10-27-36(33,34)15-24(31)32/h3-9,16-17,27H,10-15H2,1-2H3,(H,31,32)/t16-,17+/m0/s1. The van der Waals surface area contributed by atoms with Crippen molar-refractivity contribution in [1.82, 2.24) is 14.5 Å². The lowest BCUT2D eigenvalue weighted by atomic mass is 10.1. The Labute approximate surface area is 214 Å². The molecule has 36 heavy (non-hydrogen) atoms. The summed E-state index contributed by atoms with van der Waals surface area (Å²) >= 11 is 6.02. The van der Waals surface area contributed by atoms with Crippen LogP contribution in [0, 0.1) is 5.82 Å². The lowest BCUT2D eigenvalue weighted by molar-refractivity contribution is -0.139. The Bertz CT molecular complexity index is 1190. The van der Waals surface area contributed by atoms with Crippen molar-refractivity contribution >= 4 is 33.5 Å². The van der Waals surface area contributed by atoms with E-state index < -0.39 is 21.7 Å². The second-order valence-electron chi connectivity index (χ2n) is 8.81. The zero-order valence-electron chi connectivity index (χ0n) is 20.0. The Hall–Kier alpha value is -2.73. The maximum absolute atomic E-state index is 13.2. The van der Waals surface area contributed by atoms with Gasteiger partial charge in [-0.2, -0.15) is 0 Å². The zero-order valence-corrected chi connectivity index (χ0v) is 21.6. The second kappa shape index (κ2) is 12.0. The van der Waals surface area contributed by atoms with Gasteiger partial charge in [0.2, 0.25) is 10.0 Å². The van der Waals surface area contributed by atoms with Crippen LogP contribution in [0.5, 0.6) is 5.75 Å². The van der Waals surface area contributed by atoms with Gasteiger partial charge in [0.15, 0.2) is 12.4 Å². The van der Waals surface area contributed by atoms with Crippen LogP contribution in [-0.2, 0) is 32.7 Å². The summed E-state index contributed by atoms with van der Waals surface area (Å²) in [5.41, 5.74) is 1.36. The maximum Gasteiger partial charge on any atom is 0.320 e. The third kappa shape index (κ3) is 7.89. The summed E-state index contributed by atoms with van der Waals surface area (Å²) in [6.45, 7) is 5.26. The van der Waals surface area contributed by atoms with Gasteiger partial charge < -0.3 is 14.7 Å². The van der Waals surface area contributed by atoms with Crippen molar-refractivity contribution in [3.05, 3.63) is 64.4 Å². The topological polar surface area (TPSA) is 116 Å². The summed E-state index contributed by atoms with van der Waals surface area (Å²) in [6, 6.07) is 10.9. The van der Waals surface area contributed by atoms with E-state index >= 15 is 0 Å². The van der Waals surface area contributed by atoms with E-state index in [-0.39, 0.29) is 42.7 Å². The summed E-state index contributed by atoms with van der Waals surface area (Å²) < 4.78 is 44.8. The van der Waals surface area contributed by atoms with E-state index in [0.717, 1.165) is 5.56 Å². The van der Waals surface area contributed by atoms with Gasteiger partial charge in [0.1, 0.15) is 11.6 Å². The van der Waals surface area contributed by atoms with Gasteiger partial charge in [0, 0.05) is 48.8 Å². The number of sulfonamides is 1. The number of nitrogens with one attached hydrogen (secondary N) is 1. The first kappa shape index (κ1) is 27.9. The predicted molar refractivity (Wildman–Crippen MR) is 133 cm³/mol. The average molecular weight is 542 g/mol. The molecule has 2 aromatic rings. The van der Waals surface area contributed by atoms with Gasteiger partial charge in [0.05, 0.1) is 0 Å². The highest BCUT2D eigenvalue weighted by Crippen LogP contribution is 2.24. The van der Waals surface area contributed by atoms with Crippen LogP contribution in [0.1, 0.15) is 25.0 Å². The first-order valence-corrected chi connectivity index (χ1v) is 13.3. The number of rotatable bonds is 10. The molecule has 1 heterocycles. The van der Waals surface area contributed by atoms with Crippen LogP contribution in [0.25, 0.3) is 0 Å². The molecule has 1 amide bonds. The van der Waals surface area contributed by atoms with E-state index in [0.29, 0.717) is 30.2 Å². The minimum atomic E-state index is -4.05. The van der Waals surface area contributed by atoms with Gasteiger partial charge in [-0.25, -0.2) is 17.5 Å². The van der Waals surface area contributed by atoms with E-state index in [4.69, 9.17) is 21.4 Å². The van der Waals surface area contributed by atoms with Gasteiger partial charge in [-0.3, -0.25) is 14.5 Å². The Morgan fingerprint density at radius 2 is 1.83 bits per heavy atom. The average Bonchev–Trinajstić information content (AvgIpc) is 2.79. The van der Waals surface area contributed by atoms with Gasteiger partial charge in [-0.15, -0.1) is 0 Å². The van der Waals surface area contributed by atoms with Gasteiger partial charge in [-0.1, -0.05) is 23.7 Å². The molecule has 2 aromatic carbocycles. The summed E-state index contributed by atoms with van der Waals surface area (Å²) in [5.74, 6) is -2.77. The molecule has 2 N–H and O–H groups in total. The molecule has 0 spiro atoms. The Kier molecular flexibility index (Phi) is 9.29. The van der Waals surface area contributed by atoms with E-state index in [2.05, 4.69) is 9.62 Å². The number of carboxylic acids is 1. The molecule has 0 radical (unpaired) electrons. The number of ether oxygens (including phenoxy) is 1. The van der Waals surface area contributed by atoms with Crippen molar-refractivity contribution in [2.75, 3.05) is 25.4 Å². The highest BCUT2D eigenvalue weighted by molar-refractivity contribution is 7.90. The molecule has 0 saturated carbocycles. The van der Waals surface area contributed by atoms with Crippen LogP contribution in [0.2, 0.25) is 5.02 Å². The molecule has 0 bridgehead atoms. The SMILES string of the molecule is C[C@@H]1CN(Cc2ccc(F)cc2)[C@@H](C)CN1C(=O)COc1ccc(Cl)cc1CNS(=O)(=O)CC(=O)O. The lowest BCUT2D eigenvalue weighted by Gasteiger charge is -2.44. The van der Waals surface area contributed by atoms with Crippen LogP contribution in [-0.4, -0.2) is 72.7 Å². The third-order valence-electron chi connectivity index (χ3n) is 5.90. The number of hydrogen-bond acceptors (Lipinski definition) is 6. The molecule has 12 heteroatoms.